The van der Waals surface area contributed by atoms with Crippen molar-refractivity contribution in [1.82, 2.24) is 4.90 Å². The van der Waals surface area contributed by atoms with Gasteiger partial charge in [-0.05, 0) is 61.5 Å². The Morgan fingerprint density at radius 3 is 2.30 bits per heavy atom. The number of rotatable bonds is 7. The lowest BCUT2D eigenvalue weighted by Gasteiger charge is -2.18. The molecule has 5 nitrogen and oxygen atoms in total. The summed E-state index contributed by atoms with van der Waals surface area (Å²) < 4.78 is 13.1. The number of halogens is 1. The van der Waals surface area contributed by atoms with Crippen molar-refractivity contribution in [3.63, 3.8) is 0 Å². The van der Waals surface area contributed by atoms with Crippen molar-refractivity contribution >= 4 is 23.2 Å². The summed E-state index contributed by atoms with van der Waals surface area (Å²) in [4.78, 5) is 27.1. The molecule has 3 aromatic carbocycles. The van der Waals surface area contributed by atoms with Crippen molar-refractivity contribution < 1.29 is 14.0 Å². The number of hydrogen-bond acceptors (Lipinski definition) is 3. The first-order valence-corrected chi connectivity index (χ1v) is 9.61. The molecule has 0 aliphatic heterocycles. The number of nitrogens with zero attached hydrogens (tertiary/aromatic N) is 1. The minimum absolute atomic E-state index is 0.183. The Labute approximate surface area is 175 Å². The highest BCUT2D eigenvalue weighted by molar-refractivity contribution is 6.10. The minimum atomic E-state index is -0.384. The number of para-hydroxylation sites is 1. The molecule has 0 aliphatic rings. The highest BCUT2D eigenvalue weighted by Gasteiger charge is 2.15. The smallest absolute Gasteiger partial charge is 0.257 e. The normalized spacial score (nSPS) is 10.7. The van der Waals surface area contributed by atoms with Crippen molar-refractivity contribution in [3.05, 3.63) is 95.3 Å². The van der Waals surface area contributed by atoms with Gasteiger partial charge in [-0.2, -0.15) is 0 Å². The van der Waals surface area contributed by atoms with Gasteiger partial charge in [0.2, 0.25) is 5.91 Å². The van der Waals surface area contributed by atoms with E-state index in [2.05, 4.69) is 10.6 Å². The van der Waals surface area contributed by atoms with Gasteiger partial charge in [-0.25, -0.2) is 4.39 Å². The average molecular weight is 405 g/mol. The van der Waals surface area contributed by atoms with Crippen LogP contribution in [0.4, 0.5) is 15.8 Å². The highest BCUT2D eigenvalue weighted by atomic mass is 19.1. The van der Waals surface area contributed by atoms with Gasteiger partial charge in [-0.1, -0.05) is 36.4 Å². The van der Waals surface area contributed by atoms with Crippen LogP contribution in [-0.2, 0) is 11.3 Å². The van der Waals surface area contributed by atoms with E-state index < -0.39 is 0 Å². The van der Waals surface area contributed by atoms with E-state index in [-0.39, 0.29) is 24.2 Å². The predicted octanol–water partition coefficient (Wildman–Crippen LogP) is 4.46. The quantitative estimate of drug-likeness (QED) is 0.610. The fourth-order valence-electron chi connectivity index (χ4n) is 3.09. The number of carbonyl (C=O) groups excluding carboxylic acids is 2. The number of anilines is 2. The fraction of sp³-hybridized carbons (Fsp3) is 0.167. The van der Waals surface area contributed by atoms with E-state index in [4.69, 9.17) is 0 Å². The van der Waals surface area contributed by atoms with E-state index in [9.17, 15) is 14.0 Å². The molecule has 2 N–H and O–H groups in total. The van der Waals surface area contributed by atoms with E-state index in [0.717, 1.165) is 5.56 Å². The minimum Gasteiger partial charge on any atom is -0.324 e. The summed E-state index contributed by atoms with van der Waals surface area (Å²) in [6.07, 6.45) is 0. The number of nitrogens with one attached hydrogen (secondary N) is 2. The topological polar surface area (TPSA) is 61.4 Å². The van der Waals surface area contributed by atoms with Crippen molar-refractivity contribution in [2.24, 2.45) is 0 Å². The lowest BCUT2D eigenvalue weighted by Crippen LogP contribution is -2.30. The third kappa shape index (κ3) is 5.75. The highest BCUT2D eigenvalue weighted by Crippen LogP contribution is 2.18. The summed E-state index contributed by atoms with van der Waals surface area (Å²) in [6.45, 7) is 2.87. The zero-order chi connectivity index (χ0) is 21.5. The van der Waals surface area contributed by atoms with Gasteiger partial charge in [-0.15, -0.1) is 0 Å². The molecule has 0 heterocycles. The molecular formula is C24H24FN3O2. The Morgan fingerprint density at radius 2 is 1.57 bits per heavy atom. The summed E-state index contributed by atoms with van der Waals surface area (Å²) in [5, 5.41) is 5.53. The number of hydrogen-bond donors (Lipinski definition) is 2. The predicted molar refractivity (Wildman–Crippen MR) is 117 cm³/mol. The van der Waals surface area contributed by atoms with Crippen molar-refractivity contribution in [2.45, 2.75) is 13.5 Å². The Morgan fingerprint density at radius 1 is 0.900 bits per heavy atom. The molecule has 0 fully saturated rings. The molecule has 0 spiro atoms. The third-order valence-corrected chi connectivity index (χ3v) is 4.66. The second kappa shape index (κ2) is 9.80. The monoisotopic (exact) mass is 405 g/mol. The van der Waals surface area contributed by atoms with Crippen molar-refractivity contribution in [1.29, 1.82) is 0 Å². The van der Waals surface area contributed by atoms with Gasteiger partial charge in [0.05, 0.1) is 17.8 Å². The van der Waals surface area contributed by atoms with Crippen LogP contribution in [0.15, 0.2) is 72.8 Å². The number of benzene rings is 3. The van der Waals surface area contributed by atoms with Gasteiger partial charge >= 0.3 is 0 Å². The Balaban J connectivity index is 1.63. The van der Waals surface area contributed by atoms with E-state index in [0.29, 0.717) is 23.5 Å². The number of aryl methyl sites for hydroxylation is 1. The molecule has 6 heteroatoms. The van der Waals surface area contributed by atoms with Crippen LogP contribution in [0.25, 0.3) is 0 Å². The largest absolute Gasteiger partial charge is 0.324 e. The Kier molecular flexibility index (Phi) is 6.93. The molecule has 3 aromatic rings. The van der Waals surface area contributed by atoms with Gasteiger partial charge in [0.25, 0.3) is 5.91 Å². The molecule has 0 aromatic heterocycles. The molecule has 0 radical (unpaired) electrons. The van der Waals surface area contributed by atoms with E-state index in [1.165, 1.54) is 29.8 Å². The third-order valence-electron chi connectivity index (χ3n) is 4.66. The standard InChI is InChI=1S/C24H24FN3O2/c1-17-7-3-4-8-18(17)15-28(2)16-23(29)27-22-10-6-5-9-21(22)24(30)26-20-13-11-19(25)12-14-20/h3-14H,15-16H2,1-2H3,(H,26,30)(H,27,29). The van der Waals surface area contributed by atoms with Crippen LogP contribution in [-0.4, -0.2) is 30.3 Å². The maximum Gasteiger partial charge on any atom is 0.257 e. The van der Waals surface area contributed by atoms with Crippen LogP contribution in [0.5, 0.6) is 0 Å². The molecule has 0 saturated carbocycles. The van der Waals surface area contributed by atoms with Gasteiger partial charge in [0.1, 0.15) is 5.82 Å². The lowest BCUT2D eigenvalue weighted by atomic mass is 10.1. The summed E-state index contributed by atoms with van der Waals surface area (Å²) in [5.41, 5.74) is 3.56. The van der Waals surface area contributed by atoms with Crippen molar-refractivity contribution in [3.8, 4) is 0 Å². The van der Waals surface area contributed by atoms with Crippen LogP contribution in [0.1, 0.15) is 21.5 Å². The van der Waals surface area contributed by atoms with Crippen LogP contribution in [0.2, 0.25) is 0 Å². The first-order valence-electron chi connectivity index (χ1n) is 9.61. The first-order chi connectivity index (χ1) is 14.4. The van der Waals surface area contributed by atoms with E-state index in [1.807, 2.05) is 43.1 Å². The molecule has 0 unspecified atom stereocenters. The molecular weight excluding hydrogens is 381 g/mol. The second-order valence-electron chi connectivity index (χ2n) is 7.15. The maximum absolute atomic E-state index is 13.1. The second-order valence-corrected chi connectivity index (χ2v) is 7.15. The number of likely N-dealkylation sites (N-methyl/N-ethyl adjacent to an activating group) is 1. The SMILES string of the molecule is Cc1ccccc1CN(C)CC(=O)Nc1ccccc1C(=O)Nc1ccc(F)cc1. The molecule has 3 rings (SSSR count). The Bertz CT molecular complexity index is 1030. The molecule has 2 amide bonds. The van der Waals surface area contributed by atoms with Crippen LogP contribution in [0, 0.1) is 12.7 Å². The average Bonchev–Trinajstić information content (AvgIpc) is 2.71. The van der Waals surface area contributed by atoms with Crippen molar-refractivity contribution in [2.75, 3.05) is 24.2 Å². The zero-order valence-electron chi connectivity index (χ0n) is 17.0. The molecule has 0 saturated heterocycles. The Hall–Kier alpha value is -3.51. The molecule has 30 heavy (non-hydrogen) atoms. The molecule has 0 atom stereocenters. The van der Waals surface area contributed by atoms with E-state index in [1.54, 1.807) is 24.3 Å². The van der Waals surface area contributed by atoms with Crippen LogP contribution in [0.3, 0.4) is 0 Å². The summed E-state index contributed by atoms with van der Waals surface area (Å²) in [7, 11) is 1.87. The molecule has 0 bridgehead atoms. The molecule has 154 valence electrons. The number of amides is 2. The summed E-state index contributed by atoms with van der Waals surface area (Å²) in [5.74, 6) is -0.977. The summed E-state index contributed by atoms with van der Waals surface area (Å²) >= 11 is 0. The van der Waals surface area contributed by atoms with Gasteiger partial charge in [-0.3, -0.25) is 14.5 Å². The van der Waals surface area contributed by atoms with E-state index >= 15 is 0 Å². The van der Waals surface area contributed by atoms with Crippen LogP contribution < -0.4 is 10.6 Å². The summed E-state index contributed by atoms with van der Waals surface area (Å²) in [6, 6.07) is 20.3. The first kappa shape index (κ1) is 21.2. The molecule has 0 aliphatic carbocycles. The van der Waals surface area contributed by atoms with Gasteiger partial charge in [0.15, 0.2) is 0 Å². The lowest BCUT2D eigenvalue weighted by molar-refractivity contribution is -0.117. The number of carbonyl (C=O) groups is 2. The van der Waals surface area contributed by atoms with Gasteiger partial charge < -0.3 is 10.6 Å². The fourth-order valence-corrected chi connectivity index (χ4v) is 3.09. The maximum atomic E-state index is 13.1. The van der Waals surface area contributed by atoms with Gasteiger partial charge in [0, 0.05) is 12.2 Å². The van der Waals surface area contributed by atoms with Crippen LogP contribution >= 0.6 is 0 Å². The zero-order valence-corrected chi connectivity index (χ0v) is 17.0.